The van der Waals surface area contributed by atoms with Crippen LogP contribution in [-0.4, -0.2) is 45.2 Å². The van der Waals surface area contributed by atoms with Crippen LogP contribution < -0.4 is 14.2 Å². The molecule has 0 bridgehead atoms. The van der Waals surface area contributed by atoms with Gasteiger partial charge in [0.05, 0.1) is 4.90 Å². The lowest BCUT2D eigenvalue weighted by atomic mass is 9.94. The number of piperidine rings is 1. The van der Waals surface area contributed by atoms with Gasteiger partial charge < -0.3 is 14.4 Å². The molecule has 2 aliphatic rings. The Balaban J connectivity index is 1.42. The molecular weight excluding hydrogens is 400 g/mol. The van der Waals surface area contributed by atoms with Crippen molar-refractivity contribution in [1.29, 1.82) is 0 Å². The summed E-state index contributed by atoms with van der Waals surface area (Å²) in [5, 5.41) is 0. The van der Waals surface area contributed by atoms with Gasteiger partial charge in [-0.05, 0) is 94.6 Å². The van der Waals surface area contributed by atoms with Crippen LogP contribution in [0.5, 0.6) is 11.5 Å². The molecule has 1 fully saturated rings. The van der Waals surface area contributed by atoms with Crippen LogP contribution >= 0.6 is 0 Å². The zero-order valence-electron chi connectivity index (χ0n) is 17.8. The lowest BCUT2D eigenvalue weighted by molar-refractivity contribution is 0.0845. The molecule has 2 aliphatic heterocycles. The molecule has 2 aromatic carbocycles. The summed E-state index contributed by atoms with van der Waals surface area (Å²) >= 11 is 0. The number of fused-ring (bicyclic) bond motifs is 1. The van der Waals surface area contributed by atoms with Crippen LogP contribution in [0.1, 0.15) is 38.7 Å². The number of sulfonamides is 1. The van der Waals surface area contributed by atoms with Crippen LogP contribution in [0.3, 0.4) is 0 Å². The van der Waals surface area contributed by atoms with Gasteiger partial charge in [-0.15, -0.1) is 0 Å². The smallest absolute Gasteiger partial charge is 0.261 e. The Morgan fingerprint density at radius 3 is 2.50 bits per heavy atom. The van der Waals surface area contributed by atoms with Crippen molar-refractivity contribution in [2.24, 2.45) is 0 Å². The van der Waals surface area contributed by atoms with Crippen LogP contribution in [0.2, 0.25) is 0 Å². The topological polar surface area (TPSA) is 67.9 Å². The van der Waals surface area contributed by atoms with E-state index in [0.29, 0.717) is 5.69 Å². The van der Waals surface area contributed by atoms with E-state index in [-0.39, 0.29) is 16.6 Å². The molecule has 7 heteroatoms. The Labute approximate surface area is 179 Å². The number of anilines is 1. The third-order valence-corrected chi connectivity index (χ3v) is 7.18. The predicted octanol–water partition coefficient (Wildman–Crippen LogP) is 4.06. The summed E-state index contributed by atoms with van der Waals surface area (Å²) < 4.78 is 40.4. The molecule has 2 aromatic rings. The fourth-order valence-electron chi connectivity index (χ4n) is 3.91. The van der Waals surface area contributed by atoms with E-state index in [2.05, 4.69) is 16.7 Å². The van der Waals surface area contributed by atoms with Crippen LogP contribution in [0.4, 0.5) is 5.69 Å². The van der Waals surface area contributed by atoms with Gasteiger partial charge in [-0.2, -0.15) is 0 Å². The van der Waals surface area contributed by atoms with Crippen LogP contribution in [-0.2, 0) is 16.4 Å². The van der Waals surface area contributed by atoms with Crippen LogP contribution in [0, 0.1) is 0 Å². The molecule has 30 heavy (non-hydrogen) atoms. The molecule has 2 heterocycles. The lowest BCUT2D eigenvalue weighted by Crippen LogP contribution is -2.35. The van der Waals surface area contributed by atoms with E-state index in [4.69, 9.17) is 9.47 Å². The number of benzene rings is 2. The third kappa shape index (κ3) is 4.90. The van der Waals surface area contributed by atoms with E-state index in [1.54, 1.807) is 30.3 Å². The van der Waals surface area contributed by atoms with Crippen molar-refractivity contribution in [3.05, 3.63) is 48.0 Å². The number of nitrogens with one attached hydrogen (secondary N) is 1. The van der Waals surface area contributed by atoms with Gasteiger partial charge in [0.25, 0.3) is 10.0 Å². The maximum absolute atomic E-state index is 12.9. The molecule has 162 valence electrons. The minimum absolute atomic E-state index is 0.214. The number of hydrogen-bond donors (Lipinski definition) is 1. The number of likely N-dealkylation sites (tertiary alicyclic amines) is 1. The summed E-state index contributed by atoms with van der Waals surface area (Å²) in [5.74, 6) is 1.53. The first-order valence-corrected chi connectivity index (χ1v) is 12.0. The van der Waals surface area contributed by atoms with Crippen molar-refractivity contribution in [3.8, 4) is 11.5 Å². The zero-order chi connectivity index (χ0) is 21.4. The average Bonchev–Trinajstić information content (AvgIpc) is 2.70. The maximum Gasteiger partial charge on any atom is 0.261 e. The van der Waals surface area contributed by atoms with Gasteiger partial charge in [-0.25, -0.2) is 8.42 Å². The molecule has 0 unspecified atom stereocenters. The molecular formula is C23H30N2O4S. The molecule has 0 saturated carbocycles. The molecule has 0 aliphatic carbocycles. The van der Waals surface area contributed by atoms with Crippen molar-refractivity contribution >= 4 is 15.7 Å². The van der Waals surface area contributed by atoms with Gasteiger partial charge in [0.1, 0.15) is 23.2 Å². The fourth-order valence-corrected chi connectivity index (χ4v) is 5.02. The highest BCUT2D eigenvalue weighted by Gasteiger charge is 2.28. The maximum atomic E-state index is 12.9. The summed E-state index contributed by atoms with van der Waals surface area (Å²) in [7, 11) is -1.56. The second-order valence-electron chi connectivity index (χ2n) is 8.88. The minimum atomic E-state index is -3.67. The summed E-state index contributed by atoms with van der Waals surface area (Å²) in [6, 6.07) is 12.2. The van der Waals surface area contributed by atoms with Crippen molar-refractivity contribution in [2.75, 3.05) is 24.9 Å². The molecule has 0 amide bonds. The van der Waals surface area contributed by atoms with E-state index >= 15 is 0 Å². The lowest BCUT2D eigenvalue weighted by Gasteiger charge is -2.32. The highest BCUT2D eigenvalue weighted by Crippen LogP contribution is 2.34. The highest BCUT2D eigenvalue weighted by atomic mass is 32.2. The van der Waals surface area contributed by atoms with Crippen molar-refractivity contribution in [2.45, 2.75) is 56.1 Å². The van der Waals surface area contributed by atoms with E-state index < -0.39 is 10.0 Å². The van der Waals surface area contributed by atoms with E-state index in [9.17, 15) is 8.42 Å². The summed E-state index contributed by atoms with van der Waals surface area (Å²) in [6.07, 6.45) is 3.88. The SMILES string of the molecule is CN1CCC(Oc2ccc(NS(=O)(=O)c3ccc4c(c3)CCC(C)(C)O4)cc2)CC1. The molecule has 1 N–H and O–H groups in total. The Morgan fingerprint density at radius 2 is 1.80 bits per heavy atom. The largest absolute Gasteiger partial charge is 0.490 e. The Kier molecular flexibility index (Phi) is 5.68. The number of aryl methyl sites for hydroxylation is 1. The van der Waals surface area contributed by atoms with E-state index in [0.717, 1.165) is 55.8 Å². The number of ether oxygens (including phenoxy) is 2. The van der Waals surface area contributed by atoms with E-state index in [1.807, 2.05) is 26.0 Å². The Morgan fingerprint density at radius 1 is 1.10 bits per heavy atom. The first-order valence-electron chi connectivity index (χ1n) is 10.5. The van der Waals surface area contributed by atoms with Gasteiger partial charge in [0.2, 0.25) is 0 Å². The monoisotopic (exact) mass is 430 g/mol. The molecule has 6 nitrogen and oxygen atoms in total. The minimum Gasteiger partial charge on any atom is -0.490 e. The molecule has 0 aromatic heterocycles. The van der Waals surface area contributed by atoms with Crippen LogP contribution in [0.25, 0.3) is 0 Å². The predicted molar refractivity (Wildman–Crippen MR) is 118 cm³/mol. The van der Waals surface area contributed by atoms with Crippen molar-refractivity contribution in [1.82, 2.24) is 4.90 Å². The van der Waals surface area contributed by atoms with Crippen molar-refractivity contribution < 1.29 is 17.9 Å². The Hall–Kier alpha value is -2.25. The standard InChI is InChI=1S/C23H30N2O4S/c1-23(2)13-10-17-16-21(8-9-22(17)29-23)30(26,27)24-18-4-6-19(7-5-18)28-20-11-14-25(3)15-12-20/h4-9,16,20,24H,10-15H2,1-3H3. The number of nitrogens with zero attached hydrogens (tertiary/aromatic N) is 1. The average molecular weight is 431 g/mol. The van der Waals surface area contributed by atoms with Gasteiger partial charge in [-0.3, -0.25) is 4.72 Å². The highest BCUT2D eigenvalue weighted by molar-refractivity contribution is 7.92. The summed E-state index contributed by atoms with van der Waals surface area (Å²) in [6.45, 7) is 6.15. The number of hydrogen-bond acceptors (Lipinski definition) is 5. The zero-order valence-corrected chi connectivity index (χ0v) is 18.7. The van der Waals surface area contributed by atoms with Gasteiger partial charge in [0, 0.05) is 18.8 Å². The second kappa shape index (κ2) is 8.12. The first kappa shape index (κ1) is 21.0. The van der Waals surface area contributed by atoms with Gasteiger partial charge in [-0.1, -0.05) is 0 Å². The first-order chi connectivity index (χ1) is 14.2. The van der Waals surface area contributed by atoms with Gasteiger partial charge >= 0.3 is 0 Å². The third-order valence-electron chi connectivity index (χ3n) is 5.80. The second-order valence-corrected chi connectivity index (χ2v) is 10.6. The molecule has 0 radical (unpaired) electrons. The van der Waals surface area contributed by atoms with Crippen molar-refractivity contribution in [3.63, 3.8) is 0 Å². The Bertz CT molecular complexity index is 994. The van der Waals surface area contributed by atoms with E-state index in [1.165, 1.54) is 0 Å². The van der Waals surface area contributed by atoms with Gasteiger partial charge in [0.15, 0.2) is 0 Å². The number of rotatable bonds is 5. The normalized spacial score (nSPS) is 19.6. The molecule has 0 atom stereocenters. The quantitative estimate of drug-likeness (QED) is 0.775. The van der Waals surface area contributed by atoms with Crippen LogP contribution in [0.15, 0.2) is 47.4 Å². The molecule has 0 spiro atoms. The molecule has 1 saturated heterocycles. The summed E-state index contributed by atoms with van der Waals surface area (Å²) in [4.78, 5) is 2.54. The molecule has 4 rings (SSSR count). The summed E-state index contributed by atoms with van der Waals surface area (Å²) in [5.41, 5.74) is 1.23. The fraction of sp³-hybridized carbons (Fsp3) is 0.478.